The van der Waals surface area contributed by atoms with Gasteiger partial charge in [0.05, 0.1) is 5.75 Å². The lowest BCUT2D eigenvalue weighted by atomic mass is 10.1. The fourth-order valence-electron chi connectivity index (χ4n) is 3.50. The van der Waals surface area contributed by atoms with Crippen LogP contribution in [-0.4, -0.2) is 31.2 Å². The summed E-state index contributed by atoms with van der Waals surface area (Å²) in [6.07, 6.45) is 0.616. The van der Waals surface area contributed by atoms with Crippen LogP contribution >= 0.6 is 11.8 Å². The smallest absolute Gasteiger partial charge is 0.227 e. The third-order valence-corrected chi connectivity index (χ3v) is 6.10. The molecule has 0 radical (unpaired) electrons. The molecule has 0 spiro atoms. The minimum absolute atomic E-state index is 0.102. The number of hydrogen-bond acceptors (Lipinski definition) is 7. The fourth-order valence-corrected chi connectivity index (χ4v) is 4.14. The van der Waals surface area contributed by atoms with Crippen LogP contribution in [-0.2, 0) is 17.0 Å². The van der Waals surface area contributed by atoms with Gasteiger partial charge < -0.3 is 9.84 Å². The molecule has 34 heavy (non-hydrogen) atoms. The number of carbonyl (C=O) groups excluding carboxylic acids is 1. The molecule has 0 aliphatic rings. The highest BCUT2D eigenvalue weighted by atomic mass is 32.2. The first-order chi connectivity index (χ1) is 16.6. The van der Waals surface area contributed by atoms with Gasteiger partial charge >= 0.3 is 0 Å². The number of benzene rings is 3. The second-order valence-corrected chi connectivity index (χ2v) is 8.74. The first kappa shape index (κ1) is 21.8. The number of aromatic amines is 1. The van der Waals surface area contributed by atoms with Gasteiger partial charge in [0.1, 0.15) is 0 Å². The molecule has 9 heteroatoms. The van der Waals surface area contributed by atoms with Crippen molar-refractivity contribution in [2.24, 2.45) is 0 Å². The Kier molecular flexibility index (Phi) is 6.35. The van der Waals surface area contributed by atoms with Crippen LogP contribution in [0.2, 0.25) is 0 Å². The van der Waals surface area contributed by atoms with Crippen molar-refractivity contribution >= 4 is 34.1 Å². The molecule has 0 aliphatic heterocycles. The summed E-state index contributed by atoms with van der Waals surface area (Å²) < 4.78 is 5.31. The molecule has 5 rings (SSSR count). The Morgan fingerprint density at radius 1 is 1.03 bits per heavy atom. The van der Waals surface area contributed by atoms with Crippen molar-refractivity contribution in [3.8, 4) is 11.4 Å². The molecule has 8 nitrogen and oxygen atoms in total. The van der Waals surface area contributed by atoms with Crippen LogP contribution in [0.4, 0.5) is 5.69 Å². The van der Waals surface area contributed by atoms with E-state index in [2.05, 4.69) is 30.6 Å². The summed E-state index contributed by atoms with van der Waals surface area (Å²) in [4.78, 5) is 21.4. The SMILES string of the molecule is Cc1ccc(-c2nc(SCc3noc(CCC(=O)Nc4cccc5ccccc45)n3)n[nH]2)cc1. The second-order valence-electron chi connectivity index (χ2n) is 7.80. The normalized spacial score (nSPS) is 11.1. The number of thioether (sulfide) groups is 1. The van der Waals surface area contributed by atoms with E-state index in [1.165, 1.54) is 17.3 Å². The molecule has 3 aromatic carbocycles. The first-order valence-corrected chi connectivity index (χ1v) is 11.8. The van der Waals surface area contributed by atoms with Gasteiger partial charge in [0, 0.05) is 29.5 Å². The lowest BCUT2D eigenvalue weighted by molar-refractivity contribution is -0.116. The molecule has 2 aromatic heterocycles. The van der Waals surface area contributed by atoms with Gasteiger partial charge in [0.15, 0.2) is 11.6 Å². The molecule has 1 amide bonds. The Morgan fingerprint density at radius 3 is 2.74 bits per heavy atom. The minimum atomic E-state index is -0.102. The first-order valence-electron chi connectivity index (χ1n) is 10.9. The summed E-state index contributed by atoms with van der Waals surface area (Å²) in [7, 11) is 0. The van der Waals surface area contributed by atoms with Gasteiger partial charge in [-0.3, -0.25) is 9.89 Å². The van der Waals surface area contributed by atoms with E-state index in [9.17, 15) is 4.79 Å². The summed E-state index contributed by atoms with van der Waals surface area (Å²) in [5.41, 5.74) is 2.97. The third-order valence-electron chi connectivity index (χ3n) is 5.26. The maximum Gasteiger partial charge on any atom is 0.227 e. The van der Waals surface area contributed by atoms with Crippen molar-refractivity contribution in [2.75, 3.05) is 5.32 Å². The molecular weight excluding hydrogens is 448 g/mol. The maximum absolute atomic E-state index is 12.5. The summed E-state index contributed by atoms with van der Waals surface area (Å²) in [6, 6.07) is 21.9. The summed E-state index contributed by atoms with van der Waals surface area (Å²) in [5.74, 6) is 2.05. The maximum atomic E-state index is 12.5. The van der Waals surface area contributed by atoms with Crippen molar-refractivity contribution in [3.05, 3.63) is 84.0 Å². The van der Waals surface area contributed by atoms with Crippen molar-refractivity contribution < 1.29 is 9.32 Å². The fraction of sp³-hybridized carbons (Fsp3) is 0.160. The standard InChI is InChI=1S/C25H22N6O2S/c1-16-9-11-18(12-10-16)24-28-25(30-29-24)34-15-21-27-23(33-31-21)14-13-22(32)26-20-8-4-6-17-5-2-3-7-19(17)20/h2-12H,13-15H2,1H3,(H,26,32)(H,28,29,30). The zero-order valence-electron chi connectivity index (χ0n) is 18.5. The summed E-state index contributed by atoms with van der Waals surface area (Å²) >= 11 is 1.42. The van der Waals surface area contributed by atoms with Crippen molar-refractivity contribution in [3.63, 3.8) is 0 Å². The van der Waals surface area contributed by atoms with Gasteiger partial charge in [-0.15, -0.1) is 5.10 Å². The predicted molar refractivity (Wildman–Crippen MR) is 131 cm³/mol. The monoisotopic (exact) mass is 470 g/mol. The van der Waals surface area contributed by atoms with Crippen molar-refractivity contribution in [1.29, 1.82) is 0 Å². The number of anilines is 1. The molecule has 5 aromatic rings. The number of aryl methyl sites for hydroxylation is 2. The lowest BCUT2D eigenvalue weighted by Gasteiger charge is -2.08. The quantitative estimate of drug-likeness (QED) is 0.301. The zero-order chi connectivity index (χ0) is 23.3. The predicted octanol–water partition coefficient (Wildman–Crippen LogP) is 5.18. The molecule has 0 atom stereocenters. The van der Waals surface area contributed by atoms with Crippen LogP contribution in [0.3, 0.4) is 0 Å². The lowest BCUT2D eigenvalue weighted by Crippen LogP contribution is -2.12. The zero-order valence-corrected chi connectivity index (χ0v) is 19.3. The van der Waals surface area contributed by atoms with E-state index >= 15 is 0 Å². The van der Waals surface area contributed by atoms with Crippen molar-refractivity contribution in [2.45, 2.75) is 30.7 Å². The van der Waals surface area contributed by atoms with Gasteiger partial charge in [-0.2, -0.15) is 4.98 Å². The number of aromatic nitrogens is 5. The van der Waals surface area contributed by atoms with Gasteiger partial charge in [-0.25, -0.2) is 4.98 Å². The molecule has 0 unspecified atom stereocenters. The molecule has 2 N–H and O–H groups in total. The number of fused-ring (bicyclic) bond motifs is 1. The Labute approximate surface area is 200 Å². The Morgan fingerprint density at radius 2 is 1.85 bits per heavy atom. The van der Waals surface area contributed by atoms with Crippen LogP contribution in [0, 0.1) is 6.92 Å². The minimum Gasteiger partial charge on any atom is -0.339 e. The van der Waals surface area contributed by atoms with Gasteiger partial charge in [0.2, 0.25) is 17.0 Å². The number of nitrogens with one attached hydrogen (secondary N) is 2. The highest BCUT2D eigenvalue weighted by Gasteiger charge is 2.12. The summed E-state index contributed by atoms with van der Waals surface area (Å²) in [5, 5.41) is 16.9. The number of amides is 1. The van der Waals surface area contributed by atoms with Crippen molar-refractivity contribution in [1.82, 2.24) is 25.3 Å². The van der Waals surface area contributed by atoms with E-state index in [4.69, 9.17) is 4.52 Å². The van der Waals surface area contributed by atoms with Gasteiger partial charge in [-0.1, -0.05) is 83.1 Å². The average Bonchev–Trinajstić information content (AvgIpc) is 3.52. The van der Waals surface area contributed by atoms with Crippen LogP contribution in [0.15, 0.2) is 76.4 Å². The second kappa shape index (κ2) is 9.88. The van der Waals surface area contributed by atoms with E-state index in [1.807, 2.05) is 73.7 Å². The molecule has 0 saturated heterocycles. The van der Waals surface area contributed by atoms with E-state index in [0.29, 0.717) is 34.9 Å². The number of carbonyl (C=O) groups is 1. The molecule has 0 bridgehead atoms. The number of rotatable bonds is 8. The van der Waals surface area contributed by atoms with Crippen LogP contribution in [0.25, 0.3) is 22.2 Å². The largest absolute Gasteiger partial charge is 0.339 e. The number of H-pyrrole nitrogens is 1. The molecule has 0 saturated carbocycles. The molecular formula is C25H22N6O2S. The van der Waals surface area contributed by atoms with E-state index in [-0.39, 0.29) is 12.3 Å². The molecule has 170 valence electrons. The van der Waals surface area contributed by atoms with Gasteiger partial charge in [-0.05, 0) is 18.4 Å². The highest BCUT2D eigenvalue weighted by molar-refractivity contribution is 7.98. The van der Waals surface area contributed by atoms with Crippen LogP contribution < -0.4 is 5.32 Å². The molecule has 0 aliphatic carbocycles. The Hall–Kier alpha value is -3.98. The van der Waals surface area contributed by atoms with Crippen LogP contribution in [0.5, 0.6) is 0 Å². The average molecular weight is 471 g/mol. The number of nitrogens with zero attached hydrogens (tertiary/aromatic N) is 4. The molecule has 0 fully saturated rings. The highest BCUT2D eigenvalue weighted by Crippen LogP contribution is 2.24. The van der Waals surface area contributed by atoms with E-state index in [1.54, 1.807) is 0 Å². The number of hydrogen-bond donors (Lipinski definition) is 2. The van der Waals surface area contributed by atoms with Gasteiger partial charge in [0.25, 0.3) is 0 Å². The van der Waals surface area contributed by atoms with E-state index in [0.717, 1.165) is 22.0 Å². The third kappa shape index (κ3) is 5.15. The topological polar surface area (TPSA) is 110 Å². The Balaban J connectivity index is 1.13. The Bertz CT molecular complexity index is 1420. The van der Waals surface area contributed by atoms with Crippen LogP contribution in [0.1, 0.15) is 23.7 Å². The van der Waals surface area contributed by atoms with E-state index < -0.39 is 0 Å². The summed E-state index contributed by atoms with van der Waals surface area (Å²) in [6.45, 7) is 2.04. The molecule has 2 heterocycles.